The van der Waals surface area contributed by atoms with Crippen LogP contribution in [-0.4, -0.2) is 97.3 Å². The molecule has 182 valence electrons. The molecule has 3 atom stereocenters. The molecule has 33 heavy (non-hydrogen) atoms. The van der Waals surface area contributed by atoms with Crippen LogP contribution in [0.1, 0.15) is 24.8 Å². The number of nitrogens with one attached hydrogen (secondary N) is 1. The van der Waals surface area contributed by atoms with E-state index >= 15 is 0 Å². The average Bonchev–Trinajstić information content (AvgIpc) is 3.19. The minimum atomic E-state index is -3.98. The number of sulfonamides is 1. The summed E-state index contributed by atoms with van der Waals surface area (Å²) < 4.78 is 33.2. The first-order valence-electron chi connectivity index (χ1n) is 10.8. The first-order chi connectivity index (χ1) is 15.7. The van der Waals surface area contributed by atoms with Gasteiger partial charge in [-0.25, -0.2) is 17.9 Å². The fourth-order valence-electron chi connectivity index (χ4n) is 4.02. The zero-order valence-corrected chi connectivity index (χ0v) is 18.9. The molecule has 1 unspecified atom stereocenters. The first-order valence-corrected chi connectivity index (χ1v) is 12.4. The lowest BCUT2D eigenvalue weighted by Gasteiger charge is -2.29. The van der Waals surface area contributed by atoms with Gasteiger partial charge >= 0.3 is 5.97 Å². The number of aliphatic hydroxyl groups is 1. The van der Waals surface area contributed by atoms with Crippen LogP contribution in [0.15, 0.2) is 30.3 Å². The highest BCUT2D eigenvalue weighted by molar-refractivity contribution is 7.88. The fourth-order valence-corrected chi connectivity index (χ4v) is 5.38. The van der Waals surface area contributed by atoms with E-state index in [0.717, 1.165) is 4.90 Å². The van der Waals surface area contributed by atoms with E-state index in [1.165, 1.54) is 0 Å². The largest absolute Gasteiger partial charge is 0.480 e. The Morgan fingerprint density at radius 3 is 2.45 bits per heavy atom. The second-order valence-electron chi connectivity index (χ2n) is 8.18. The Morgan fingerprint density at radius 2 is 1.82 bits per heavy atom. The molecule has 2 fully saturated rings. The Labute approximate surface area is 192 Å². The van der Waals surface area contributed by atoms with Crippen molar-refractivity contribution in [3.63, 3.8) is 0 Å². The van der Waals surface area contributed by atoms with Gasteiger partial charge in [-0.3, -0.25) is 9.59 Å². The number of morpholine rings is 1. The molecule has 2 amide bonds. The highest BCUT2D eigenvalue weighted by Crippen LogP contribution is 2.21. The minimum absolute atomic E-state index is 0.0988. The lowest BCUT2D eigenvalue weighted by atomic mass is 10.1. The van der Waals surface area contributed by atoms with Gasteiger partial charge in [-0.1, -0.05) is 30.3 Å². The minimum Gasteiger partial charge on any atom is -0.480 e. The number of hydrogen-bond acceptors (Lipinski definition) is 7. The van der Waals surface area contributed by atoms with Gasteiger partial charge in [0.15, 0.2) is 0 Å². The molecule has 0 aromatic heterocycles. The number of β-amino-alcohol motifs (C(OH)–C–C–N with tert-alkyl or cyclic N) is 1. The van der Waals surface area contributed by atoms with Crippen LogP contribution in [-0.2, 0) is 34.9 Å². The number of carbonyl (C=O) groups excluding carboxylic acids is 2. The van der Waals surface area contributed by atoms with Gasteiger partial charge in [0.2, 0.25) is 21.8 Å². The summed E-state index contributed by atoms with van der Waals surface area (Å²) in [6.07, 6.45) is -1.40. The Morgan fingerprint density at radius 1 is 1.15 bits per heavy atom. The van der Waals surface area contributed by atoms with Crippen molar-refractivity contribution in [1.82, 2.24) is 14.5 Å². The number of hydrogen-bond donors (Lipinski definition) is 3. The second-order valence-corrected chi connectivity index (χ2v) is 9.93. The van der Waals surface area contributed by atoms with Crippen LogP contribution in [0.25, 0.3) is 0 Å². The number of benzene rings is 1. The summed E-state index contributed by atoms with van der Waals surface area (Å²) in [6.45, 7) is 1.42. The maximum Gasteiger partial charge on any atom is 0.326 e. The summed E-state index contributed by atoms with van der Waals surface area (Å²) in [5.74, 6) is -2.67. The average molecular weight is 484 g/mol. The summed E-state index contributed by atoms with van der Waals surface area (Å²) in [5, 5.41) is 19.3. The fraction of sp³-hybridized carbons (Fsp3) is 0.571. The van der Waals surface area contributed by atoms with Crippen LogP contribution in [0.2, 0.25) is 0 Å². The molecule has 12 heteroatoms. The van der Waals surface area contributed by atoms with Crippen molar-refractivity contribution in [3.05, 3.63) is 35.9 Å². The van der Waals surface area contributed by atoms with Crippen molar-refractivity contribution in [2.45, 2.75) is 43.2 Å². The molecule has 1 aromatic carbocycles. The third-order valence-electron chi connectivity index (χ3n) is 5.68. The first kappa shape index (κ1) is 25.1. The van der Waals surface area contributed by atoms with E-state index in [4.69, 9.17) is 4.74 Å². The molecule has 11 nitrogen and oxygen atoms in total. The maximum atomic E-state index is 13.2. The highest BCUT2D eigenvalue weighted by Gasteiger charge is 2.42. The lowest BCUT2D eigenvalue weighted by Crippen LogP contribution is -2.52. The zero-order chi connectivity index (χ0) is 24.0. The normalized spacial score (nSPS) is 22.2. The van der Waals surface area contributed by atoms with E-state index in [1.54, 1.807) is 35.2 Å². The number of likely N-dealkylation sites (tertiary alicyclic amines) is 1. The number of rotatable bonds is 9. The quantitative estimate of drug-likeness (QED) is 0.411. The van der Waals surface area contributed by atoms with Crippen LogP contribution >= 0.6 is 0 Å². The smallest absolute Gasteiger partial charge is 0.326 e. The molecule has 2 saturated heterocycles. The van der Waals surface area contributed by atoms with Gasteiger partial charge in [0.05, 0.1) is 25.1 Å². The number of nitrogens with zero attached hydrogens (tertiary/aromatic N) is 2. The highest BCUT2D eigenvalue weighted by atomic mass is 32.2. The van der Waals surface area contributed by atoms with Crippen LogP contribution in [0.5, 0.6) is 0 Å². The number of carboxylic acids is 1. The predicted octanol–water partition coefficient (Wildman–Crippen LogP) is -0.840. The molecular formula is C21H29N3O8S. The van der Waals surface area contributed by atoms with E-state index in [2.05, 4.69) is 4.72 Å². The molecule has 2 aliphatic heterocycles. The van der Waals surface area contributed by atoms with Gasteiger partial charge in [0, 0.05) is 32.5 Å². The molecule has 0 aliphatic carbocycles. The van der Waals surface area contributed by atoms with Gasteiger partial charge in [0.25, 0.3) is 0 Å². The van der Waals surface area contributed by atoms with E-state index in [0.29, 0.717) is 31.9 Å². The third kappa shape index (κ3) is 6.97. The molecule has 3 rings (SSSR count). The van der Waals surface area contributed by atoms with Gasteiger partial charge < -0.3 is 24.7 Å². The summed E-state index contributed by atoms with van der Waals surface area (Å²) in [4.78, 5) is 39.9. The monoisotopic (exact) mass is 483 g/mol. The summed E-state index contributed by atoms with van der Waals surface area (Å²) in [7, 11) is -3.98. The van der Waals surface area contributed by atoms with E-state index < -0.39 is 40.1 Å². The molecule has 0 bridgehead atoms. The third-order valence-corrected chi connectivity index (χ3v) is 7.03. The standard InChI is InChI=1S/C21H29N3O8S/c25-16-12-18(21(28)29)24(13-16)20(27)17(6-7-19(26)23-8-10-32-11-9-23)22-33(30,31)14-15-4-2-1-3-5-15/h1-5,16-18,22,25H,6-14H2,(H,28,29)/t16?,17-,18+/m1/s1. The molecular weight excluding hydrogens is 454 g/mol. The Hall–Kier alpha value is -2.54. The molecule has 2 heterocycles. The number of carboxylic acid groups (broad SMARTS) is 1. The number of carbonyl (C=O) groups is 3. The van der Waals surface area contributed by atoms with E-state index in [-0.39, 0.29) is 37.5 Å². The molecule has 3 N–H and O–H groups in total. The Kier molecular flexibility index (Phi) is 8.40. The number of amides is 2. The van der Waals surface area contributed by atoms with Crippen molar-refractivity contribution >= 4 is 27.8 Å². The number of aliphatic carboxylic acids is 1. The van der Waals surface area contributed by atoms with Gasteiger partial charge in [-0.15, -0.1) is 0 Å². The predicted molar refractivity (Wildman–Crippen MR) is 116 cm³/mol. The molecule has 0 spiro atoms. The van der Waals surface area contributed by atoms with Crippen LogP contribution < -0.4 is 4.72 Å². The number of aliphatic hydroxyl groups excluding tert-OH is 1. The van der Waals surface area contributed by atoms with Crippen molar-refractivity contribution in [1.29, 1.82) is 0 Å². The van der Waals surface area contributed by atoms with Crippen LogP contribution in [0.4, 0.5) is 0 Å². The van der Waals surface area contributed by atoms with Crippen LogP contribution in [0, 0.1) is 0 Å². The zero-order valence-electron chi connectivity index (χ0n) is 18.1. The summed E-state index contributed by atoms with van der Waals surface area (Å²) in [6, 6.07) is 5.80. The molecule has 0 saturated carbocycles. The summed E-state index contributed by atoms with van der Waals surface area (Å²) in [5.41, 5.74) is 0.514. The Bertz CT molecular complexity index is 950. The van der Waals surface area contributed by atoms with Gasteiger partial charge in [-0.2, -0.15) is 0 Å². The summed E-state index contributed by atoms with van der Waals surface area (Å²) >= 11 is 0. The van der Waals surface area contributed by atoms with Crippen molar-refractivity contribution in [3.8, 4) is 0 Å². The SMILES string of the molecule is O=C(O)[C@@H]1CC(O)CN1C(=O)[C@@H](CCC(=O)N1CCOCC1)NS(=O)(=O)Cc1ccccc1. The molecule has 1 aromatic rings. The maximum absolute atomic E-state index is 13.2. The van der Waals surface area contributed by atoms with Crippen LogP contribution in [0.3, 0.4) is 0 Å². The van der Waals surface area contributed by atoms with Crippen molar-refractivity contribution in [2.24, 2.45) is 0 Å². The van der Waals surface area contributed by atoms with E-state index in [1.807, 2.05) is 0 Å². The van der Waals surface area contributed by atoms with Crippen molar-refractivity contribution < 1.29 is 37.8 Å². The Balaban J connectivity index is 1.75. The topological polar surface area (TPSA) is 154 Å². The molecule has 2 aliphatic rings. The van der Waals surface area contributed by atoms with Gasteiger partial charge in [-0.05, 0) is 12.0 Å². The van der Waals surface area contributed by atoms with Crippen molar-refractivity contribution in [2.75, 3.05) is 32.8 Å². The number of ether oxygens (including phenoxy) is 1. The lowest BCUT2D eigenvalue weighted by molar-refractivity contribution is -0.149. The van der Waals surface area contributed by atoms with E-state index in [9.17, 15) is 33.0 Å². The van der Waals surface area contributed by atoms with Gasteiger partial charge in [0.1, 0.15) is 12.1 Å². The molecule has 0 radical (unpaired) electrons. The second kappa shape index (κ2) is 11.1.